The van der Waals surface area contributed by atoms with Crippen LogP contribution in [0.15, 0.2) is 40.4 Å². The van der Waals surface area contributed by atoms with Gasteiger partial charge in [0.05, 0.1) is 0 Å². The summed E-state index contributed by atoms with van der Waals surface area (Å²) in [7, 11) is 0. The molecule has 0 bridgehead atoms. The molecule has 0 unspecified atom stereocenters. The summed E-state index contributed by atoms with van der Waals surface area (Å²) in [6, 6.07) is 9.85. The number of benzene rings is 1. The highest BCUT2D eigenvalue weighted by molar-refractivity contribution is 7.99. The van der Waals surface area contributed by atoms with E-state index in [2.05, 4.69) is 20.4 Å². The average Bonchev–Trinajstić information content (AvgIpc) is 3.26. The van der Waals surface area contributed by atoms with E-state index in [0.29, 0.717) is 49.4 Å². The van der Waals surface area contributed by atoms with E-state index in [1.807, 2.05) is 62.9 Å². The Morgan fingerprint density at radius 1 is 1.08 bits per heavy atom. The Balaban J connectivity index is 1.60. The second kappa shape index (κ2) is 11.1. The van der Waals surface area contributed by atoms with Gasteiger partial charge in [-0.1, -0.05) is 26.0 Å². The zero-order valence-electron chi connectivity index (χ0n) is 21.5. The van der Waals surface area contributed by atoms with Gasteiger partial charge in [-0.2, -0.15) is 5.10 Å². The maximum absolute atomic E-state index is 12.4. The quantitative estimate of drug-likeness (QED) is 0.438. The van der Waals surface area contributed by atoms with Gasteiger partial charge in [0.15, 0.2) is 11.0 Å². The summed E-state index contributed by atoms with van der Waals surface area (Å²) in [4.78, 5) is 38.8. The SMILES string of the molecule is CC(=O)Cc1ccc(Sc2nc(Nc3cc(C)[nH]n3)c(C)c(N3CCN(C(=O)C(C)C)CC3)n2)cc1. The van der Waals surface area contributed by atoms with E-state index in [9.17, 15) is 9.59 Å². The van der Waals surface area contributed by atoms with Crippen LogP contribution in [0.1, 0.15) is 37.6 Å². The van der Waals surface area contributed by atoms with Crippen molar-refractivity contribution >= 4 is 40.9 Å². The Bertz CT molecular complexity index is 1230. The molecular weight excluding hydrogens is 474 g/mol. The normalized spacial score (nSPS) is 13.8. The zero-order valence-corrected chi connectivity index (χ0v) is 22.3. The number of piperazine rings is 1. The molecule has 4 rings (SSSR count). The summed E-state index contributed by atoms with van der Waals surface area (Å²) < 4.78 is 0. The Labute approximate surface area is 216 Å². The number of hydrogen-bond donors (Lipinski definition) is 2. The van der Waals surface area contributed by atoms with Crippen LogP contribution in [0, 0.1) is 19.8 Å². The predicted octanol–water partition coefficient (Wildman–Crippen LogP) is 4.15. The van der Waals surface area contributed by atoms with Crippen LogP contribution in [0.3, 0.4) is 0 Å². The van der Waals surface area contributed by atoms with Crippen LogP contribution in [-0.4, -0.2) is 62.9 Å². The molecular formula is C26H33N7O2S. The summed E-state index contributed by atoms with van der Waals surface area (Å²) in [5.41, 5.74) is 2.87. The molecule has 3 aromatic rings. The van der Waals surface area contributed by atoms with Crippen LogP contribution in [-0.2, 0) is 16.0 Å². The first kappa shape index (κ1) is 25.7. The molecule has 9 nitrogen and oxygen atoms in total. The minimum atomic E-state index is -0.00437. The first-order chi connectivity index (χ1) is 17.2. The summed E-state index contributed by atoms with van der Waals surface area (Å²) in [5.74, 6) is 2.57. The van der Waals surface area contributed by atoms with Crippen molar-refractivity contribution < 1.29 is 9.59 Å². The van der Waals surface area contributed by atoms with Gasteiger partial charge < -0.3 is 15.1 Å². The van der Waals surface area contributed by atoms with E-state index in [1.54, 1.807) is 6.92 Å². The first-order valence-corrected chi connectivity index (χ1v) is 13.0. The highest BCUT2D eigenvalue weighted by atomic mass is 32.2. The molecule has 1 saturated heterocycles. The fourth-order valence-corrected chi connectivity index (χ4v) is 4.89. The van der Waals surface area contributed by atoms with Crippen molar-refractivity contribution in [2.45, 2.75) is 51.1 Å². The number of anilines is 3. The molecule has 1 aromatic carbocycles. The lowest BCUT2D eigenvalue weighted by molar-refractivity contribution is -0.134. The van der Waals surface area contributed by atoms with E-state index in [1.165, 1.54) is 11.8 Å². The van der Waals surface area contributed by atoms with Crippen LogP contribution < -0.4 is 10.2 Å². The molecule has 1 fully saturated rings. The minimum Gasteiger partial charge on any atom is -0.353 e. The first-order valence-electron chi connectivity index (χ1n) is 12.2. The maximum atomic E-state index is 12.4. The number of Topliss-reactive ketones (excluding diaryl/α,β-unsaturated/α-hetero) is 1. The van der Waals surface area contributed by atoms with Gasteiger partial charge in [-0.15, -0.1) is 0 Å². The summed E-state index contributed by atoms with van der Waals surface area (Å²) in [6.07, 6.45) is 0.429. The standard InChI is InChI=1S/C26H33N7O2S/c1-16(2)25(35)33-12-10-32(11-13-33)24-19(5)23(27-22-14-17(3)30-31-22)28-26(29-24)36-21-8-6-20(7-9-21)15-18(4)34/h6-9,14,16H,10-13,15H2,1-5H3,(H2,27,28,29,30,31). The molecule has 36 heavy (non-hydrogen) atoms. The van der Waals surface area contributed by atoms with Crippen LogP contribution in [0.2, 0.25) is 0 Å². The molecule has 0 atom stereocenters. The van der Waals surface area contributed by atoms with Crippen LogP contribution in [0.25, 0.3) is 0 Å². The van der Waals surface area contributed by atoms with Gasteiger partial charge in [0, 0.05) is 60.7 Å². The largest absolute Gasteiger partial charge is 0.353 e. The monoisotopic (exact) mass is 507 g/mol. The fourth-order valence-electron chi connectivity index (χ4n) is 4.14. The minimum absolute atomic E-state index is 0.00437. The molecule has 2 N–H and O–H groups in total. The van der Waals surface area contributed by atoms with Crippen molar-refractivity contribution in [2.24, 2.45) is 5.92 Å². The van der Waals surface area contributed by atoms with Gasteiger partial charge in [0.2, 0.25) is 5.91 Å². The Hall–Kier alpha value is -3.40. The number of carbonyl (C=O) groups excluding carboxylic acids is 2. The lowest BCUT2D eigenvalue weighted by atomic mass is 10.1. The van der Waals surface area contributed by atoms with Crippen molar-refractivity contribution in [3.05, 3.63) is 47.2 Å². The van der Waals surface area contributed by atoms with Gasteiger partial charge in [-0.3, -0.25) is 14.7 Å². The Morgan fingerprint density at radius 2 is 1.78 bits per heavy atom. The van der Waals surface area contributed by atoms with Gasteiger partial charge in [0.25, 0.3) is 0 Å². The van der Waals surface area contributed by atoms with E-state index < -0.39 is 0 Å². The number of carbonyl (C=O) groups is 2. The van der Waals surface area contributed by atoms with E-state index in [-0.39, 0.29) is 17.6 Å². The van der Waals surface area contributed by atoms with E-state index >= 15 is 0 Å². The lowest BCUT2D eigenvalue weighted by Gasteiger charge is -2.37. The second-order valence-corrected chi connectivity index (χ2v) is 10.5. The van der Waals surface area contributed by atoms with Crippen LogP contribution >= 0.6 is 11.8 Å². The van der Waals surface area contributed by atoms with E-state index in [0.717, 1.165) is 27.5 Å². The molecule has 3 heterocycles. The van der Waals surface area contributed by atoms with Crippen molar-refractivity contribution in [2.75, 3.05) is 36.4 Å². The number of nitrogens with zero attached hydrogens (tertiary/aromatic N) is 5. The Morgan fingerprint density at radius 3 is 2.36 bits per heavy atom. The number of aromatic nitrogens is 4. The molecule has 2 aromatic heterocycles. The van der Waals surface area contributed by atoms with Crippen molar-refractivity contribution in [3.63, 3.8) is 0 Å². The highest BCUT2D eigenvalue weighted by Crippen LogP contribution is 2.33. The van der Waals surface area contributed by atoms with Crippen molar-refractivity contribution in [1.82, 2.24) is 25.1 Å². The van der Waals surface area contributed by atoms with Gasteiger partial charge in [-0.25, -0.2) is 9.97 Å². The number of H-pyrrole nitrogens is 1. The Kier molecular flexibility index (Phi) is 7.93. The molecule has 10 heteroatoms. The molecule has 0 radical (unpaired) electrons. The number of aryl methyl sites for hydroxylation is 1. The zero-order chi connectivity index (χ0) is 25.8. The topological polar surface area (TPSA) is 107 Å². The number of amides is 1. The third kappa shape index (κ3) is 6.23. The number of hydrogen-bond acceptors (Lipinski definition) is 8. The third-order valence-electron chi connectivity index (χ3n) is 6.02. The highest BCUT2D eigenvalue weighted by Gasteiger charge is 2.26. The van der Waals surface area contributed by atoms with Gasteiger partial charge >= 0.3 is 0 Å². The lowest BCUT2D eigenvalue weighted by Crippen LogP contribution is -2.50. The molecule has 0 spiro atoms. The summed E-state index contributed by atoms with van der Waals surface area (Å²) >= 11 is 1.47. The maximum Gasteiger partial charge on any atom is 0.225 e. The molecule has 1 aliphatic rings. The smallest absolute Gasteiger partial charge is 0.225 e. The van der Waals surface area contributed by atoms with Gasteiger partial charge in [0.1, 0.15) is 17.4 Å². The number of ketones is 1. The fraction of sp³-hybridized carbons (Fsp3) is 0.423. The summed E-state index contributed by atoms with van der Waals surface area (Å²) in [5, 5.41) is 11.2. The number of nitrogens with one attached hydrogen (secondary N) is 2. The summed E-state index contributed by atoms with van der Waals surface area (Å²) in [6.45, 7) is 12.2. The molecule has 0 saturated carbocycles. The molecule has 1 amide bonds. The third-order valence-corrected chi connectivity index (χ3v) is 6.90. The second-order valence-electron chi connectivity index (χ2n) is 9.46. The average molecular weight is 508 g/mol. The molecule has 0 aliphatic carbocycles. The van der Waals surface area contributed by atoms with Gasteiger partial charge in [-0.05, 0) is 50.2 Å². The van der Waals surface area contributed by atoms with Crippen LogP contribution in [0.5, 0.6) is 0 Å². The molecule has 190 valence electrons. The van der Waals surface area contributed by atoms with Crippen molar-refractivity contribution in [3.8, 4) is 0 Å². The van der Waals surface area contributed by atoms with Crippen LogP contribution in [0.4, 0.5) is 17.5 Å². The van der Waals surface area contributed by atoms with Crippen molar-refractivity contribution in [1.29, 1.82) is 0 Å². The number of aromatic amines is 1. The predicted molar refractivity (Wildman–Crippen MR) is 142 cm³/mol. The number of rotatable bonds is 8. The molecule has 1 aliphatic heterocycles. The van der Waals surface area contributed by atoms with E-state index in [4.69, 9.17) is 9.97 Å².